The number of ether oxygens (including phenoxy) is 2. The molecular weight excluding hydrogens is 535 g/mol. The predicted molar refractivity (Wildman–Crippen MR) is 138 cm³/mol. The van der Waals surface area contributed by atoms with Gasteiger partial charge in [0.25, 0.3) is 5.56 Å². The van der Waals surface area contributed by atoms with Gasteiger partial charge in [0.1, 0.15) is 17.0 Å². The first-order chi connectivity index (χ1) is 18.8. The number of aromatic nitrogens is 5. The van der Waals surface area contributed by atoms with E-state index >= 15 is 0 Å². The average molecular weight is 568 g/mol. The van der Waals surface area contributed by atoms with Gasteiger partial charge in [0.2, 0.25) is 5.88 Å². The number of hydrogen-bond acceptors (Lipinski definition) is 10. The number of aliphatic hydroxyl groups is 3. The fourth-order valence-corrected chi connectivity index (χ4v) is 4.26. The van der Waals surface area contributed by atoms with Crippen LogP contribution in [0.2, 0.25) is 0 Å². The zero-order valence-electron chi connectivity index (χ0n) is 22.6. The Hall–Kier alpha value is -3.46. The fourth-order valence-electron chi connectivity index (χ4n) is 4.26. The third-order valence-electron chi connectivity index (χ3n) is 6.20. The molecule has 3 N–H and O–H groups in total. The van der Waals surface area contributed by atoms with Gasteiger partial charge in [0.05, 0.1) is 18.9 Å². The molecule has 1 saturated heterocycles. The third-order valence-corrected chi connectivity index (χ3v) is 6.20. The summed E-state index contributed by atoms with van der Waals surface area (Å²) in [5.41, 5.74) is 0.580. The predicted octanol–water partition coefficient (Wildman–Crippen LogP) is 3.46. The summed E-state index contributed by atoms with van der Waals surface area (Å²) in [6.07, 6.45) is -8.06. The first kappa shape index (κ1) is 31.1. The molecule has 218 valence electrons. The van der Waals surface area contributed by atoms with E-state index in [1.165, 1.54) is 13.2 Å². The van der Waals surface area contributed by atoms with E-state index in [9.17, 15) is 33.3 Å². The summed E-state index contributed by atoms with van der Waals surface area (Å²) in [7, 11) is 1.40. The van der Waals surface area contributed by atoms with Crippen LogP contribution in [0.15, 0.2) is 29.7 Å². The molecule has 0 amide bonds. The van der Waals surface area contributed by atoms with Crippen molar-refractivity contribution in [3.05, 3.63) is 58.0 Å². The SMILES string of the molecule is C=C(CCC(F)(F)F)c1nc(C2CCOC(c3ccc(=O)n(C(O)(O)O)c3)C2)nc2nc(C)c(OC)nc12.CC. The van der Waals surface area contributed by atoms with E-state index in [2.05, 4.69) is 26.5 Å². The summed E-state index contributed by atoms with van der Waals surface area (Å²) in [5.74, 6) is 0.161. The number of fused-ring (bicyclic) bond motifs is 1. The maximum Gasteiger partial charge on any atom is 0.389 e. The Labute approximate surface area is 228 Å². The molecule has 3 aromatic rings. The Kier molecular flexibility index (Phi) is 9.61. The minimum Gasteiger partial charge on any atom is -0.480 e. The lowest BCUT2D eigenvalue weighted by Crippen LogP contribution is -2.40. The van der Waals surface area contributed by atoms with E-state index in [0.29, 0.717) is 28.1 Å². The third kappa shape index (κ3) is 7.18. The number of alkyl halides is 3. The second kappa shape index (κ2) is 12.4. The Balaban J connectivity index is 0.00000216. The molecule has 3 aromatic heterocycles. The molecule has 0 saturated carbocycles. The molecule has 0 bridgehead atoms. The minimum absolute atomic E-state index is 0.122. The van der Waals surface area contributed by atoms with Crippen molar-refractivity contribution in [3.8, 4) is 5.88 Å². The molecule has 4 rings (SSSR count). The number of methoxy groups -OCH3 is 1. The molecule has 2 unspecified atom stereocenters. The highest BCUT2D eigenvalue weighted by atomic mass is 19.4. The number of allylic oxidation sites excluding steroid dienone is 1. The topological polar surface area (TPSA) is 153 Å². The number of halogens is 3. The van der Waals surface area contributed by atoms with Gasteiger partial charge in [-0.2, -0.15) is 13.2 Å². The molecule has 4 heterocycles. The number of nitrogens with zero attached hydrogens (tertiary/aromatic N) is 5. The molecule has 1 aliphatic heterocycles. The Morgan fingerprint density at radius 3 is 2.50 bits per heavy atom. The molecular formula is C26H32F3N5O6. The van der Waals surface area contributed by atoms with Crippen LogP contribution in [0, 0.1) is 6.92 Å². The van der Waals surface area contributed by atoms with Crippen LogP contribution < -0.4 is 10.3 Å². The normalized spacial score (nSPS) is 17.8. The highest BCUT2D eigenvalue weighted by Crippen LogP contribution is 2.38. The molecule has 0 aliphatic carbocycles. The first-order valence-corrected chi connectivity index (χ1v) is 12.6. The Bertz CT molecular complexity index is 1420. The first-order valence-electron chi connectivity index (χ1n) is 12.6. The van der Waals surface area contributed by atoms with Crippen LogP contribution in [-0.4, -0.2) is 59.7 Å². The standard InChI is InChI=1S/C24H26F3N5O6.C2H6/c1-12(6-8-23(25,26)27)18-19-21(28-13(2)22(30-19)37-3)31-20(29-18)14-7-9-38-16(10-14)15-4-5-17(33)32(11-15)24(34,35)36;1-2/h4-5,11,14,16,34-36H,1,6-10H2,2-3H3;1-2H3. The van der Waals surface area contributed by atoms with E-state index in [0.717, 1.165) is 12.3 Å². The maximum absolute atomic E-state index is 12.9. The monoisotopic (exact) mass is 567 g/mol. The van der Waals surface area contributed by atoms with Gasteiger partial charge in [-0.15, -0.1) is 0 Å². The van der Waals surface area contributed by atoms with E-state index < -0.39 is 36.8 Å². The highest BCUT2D eigenvalue weighted by molar-refractivity contribution is 5.84. The zero-order chi connectivity index (χ0) is 29.8. The van der Waals surface area contributed by atoms with Crippen LogP contribution in [0.5, 0.6) is 5.88 Å². The van der Waals surface area contributed by atoms with Gasteiger partial charge in [-0.05, 0) is 43.4 Å². The largest absolute Gasteiger partial charge is 0.480 e. The van der Waals surface area contributed by atoms with Crippen molar-refractivity contribution < 1.29 is 38.0 Å². The van der Waals surface area contributed by atoms with Crippen molar-refractivity contribution in [3.63, 3.8) is 0 Å². The van der Waals surface area contributed by atoms with Gasteiger partial charge >= 0.3 is 12.3 Å². The van der Waals surface area contributed by atoms with Crippen molar-refractivity contribution in [2.24, 2.45) is 0 Å². The van der Waals surface area contributed by atoms with Crippen molar-refractivity contribution in [2.45, 2.75) is 70.7 Å². The Morgan fingerprint density at radius 2 is 1.88 bits per heavy atom. The number of hydrogen-bond donors (Lipinski definition) is 3. The molecule has 2 atom stereocenters. The molecule has 0 aromatic carbocycles. The summed E-state index contributed by atoms with van der Waals surface area (Å²) < 4.78 is 50.1. The lowest BCUT2D eigenvalue weighted by atomic mass is 9.91. The molecule has 14 heteroatoms. The van der Waals surface area contributed by atoms with Gasteiger partial charge < -0.3 is 24.8 Å². The molecule has 0 radical (unpaired) electrons. The van der Waals surface area contributed by atoms with Crippen molar-refractivity contribution in [2.75, 3.05) is 13.7 Å². The van der Waals surface area contributed by atoms with Crippen LogP contribution in [0.3, 0.4) is 0 Å². The van der Waals surface area contributed by atoms with Gasteiger partial charge in [-0.25, -0.2) is 24.5 Å². The molecule has 40 heavy (non-hydrogen) atoms. The van der Waals surface area contributed by atoms with E-state index in [1.54, 1.807) is 6.92 Å². The lowest BCUT2D eigenvalue weighted by molar-refractivity contribution is -0.377. The number of rotatable bonds is 7. The molecule has 11 nitrogen and oxygen atoms in total. The van der Waals surface area contributed by atoms with Gasteiger partial charge in [0.15, 0.2) is 5.65 Å². The summed E-state index contributed by atoms with van der Waals surface area (Å²) in [6.45, 7) is 9.73. The average Bonchev–Trinajstić information content (AvgIpc) is 2.91. The van der Waals surface area contributed by atoms with Crippen molar-refractivity contribution >= 4 is 16.7 Å². The Morgan fingerprint density at radius 1 is 1.18 bits per heavy atom. The van der Waals surface area contributed by atoms with Gasteiger partial charge in [-0.3, -0.25) is 4.79 Å². The summed E-state index contributed by atoms with van der Waals surface area (Å²) >= 11 is 0. The minimum atomic E-state index is -4.38. The lowest BCUT2D eigenvalue weighted by Gasteiger charge is -2.30. The van der Waals surface area contributed by atoms with Crippen LogP contribution in [0.25, 0.3) is 16.7 Å². The van der Waals surface area contributed by atoms with Crippen LogP contribution in [-0.2, 0) is 10.8 Å². The van der Waals surface area contributed by atoms with Crippen LogP contribution in [0.4, 0.5) is 13.2 Å². The molecule has 1 aliphatic rings. The maximum atomic E-state index is 12.9. The van der Waals surface area contributed by atoms with Gasteiger partial charge in [0, 0.05) is 31.2 Å². The van der Waals surface area contributed by atoms with Gasteiger partial charge in [-0.1, -0.05) is 20.4 Å². The molecule has 1 fully saturated rings. The second-order valence-corrected chi connectivity index (χ2v) is 8.99. The number of aryl methyl sites for hydroxylation is 1. The quantitative estimate of drug-likeness (QED) is 0.362. The molecule has 0 spiro atoms. The summed E-state index contributed by atoms with van der Waals surface area (Å²) in [6, 6.07) is 2.49. The fraction of sp³-hybridized carbons (Fsp3) is 0.500. The van der Waals surface area contributed by atoms with Crippen molar-refractivity contribution in [1.82, 2.24) is 24.5 Å². The summed E-state index contributed by atoms with van der Waals surface area (Å²) in [4.78, 5) is 29.8. The van der Waals surface area contributed by atoms with Crippen LogP contribution in [0.1, 0.15) is 74.3 Å². The number of pyridine rings is 1. The zero-order valence-corrected chi connectivity index (χ0v) is 22.6. The van der Waals surface area contributed by atoms with Crippen LogP contribution >= 0.6 is 0 Å². The van der Waals surface area contributed by atoms with E-state index in [4.69, 9.17) is 9.47 Å². The van der Waals surface area contributed by atoms with E-state index in [1.807, 2.05) is 13.8 Å². The second-order valence-electron chi connectivity index (χ2n) is 8.99. The van der Waals surface area contributed by atoms with Crippen molar-refractivity contribution in [1.29, 1.82) is 0 Å². The highest BCUT2D eigenvalue weighted by Gasteiger charge is 2.32. The summed E-state index contributed by atoms with van der Waals surface area (Å²) in [5, 5.41) is 28.4. The smallest absolute Gasteiger partial charge is 0.389 e. The van der Waals surface area contributed by atoms with E-state index in [-0.39, 0.29) is 47.3 Å².